The first-order valence-electron chi connectivity index (χ1n) is 21.7. The number of aliphatic hydroxyl groups is 6. The lowest BCUT2D eigenvalue weighted by atomic mass is 9.33. The lowest BCUT2D eigenvalue weighted by Gasteiger charge is -2.72. The van der Waals surface area contributed by atoms with Gasteiger partial charge in [-0.05, 0) is 104 Å². The minimum absolute atomic E-state index is 0.0700. The van der Waals surface area contributed by atoms with Crippen LogP contribution in [0.1, 0.15) is 106 Å². The van der Waals surface area contributed by atoms with Crippen LogP contribution in [0.25, 0.3) is 0 Å². The Morgan fingerprint density at radius 2 is 1.47 bits per heavy atom. The predicted octanol–water partition coefficient (Wildman–Crippen LogP) is 1.58. The third-order valence-corrected chi connectivity index (χ3v) is 18.6. The molecule has 0 unspecified atom stereocenters. The smallest absolute Gasteiger partial charge is 0.397 e. The molecule has 4 saturated carbocycles. The quantitative estimate of drug-likeness (QED) is 0.0705. The lowest BCUT2D eigenvalue weighted by Crippen LogP contribution is -2.68. The topological polar surface area (TPSA) is 303 Å². The van der Waals surface area contributed by atoms with Crippen LogP contribution in [0.15, 0.2) is 11.6 Å². The van der Waals surface area contributed by atoms with Crippen LogP contribution in [0.3, 0.4) is 0 Å². The third kappa shape index (κ3) is 7.73. The zero-order chi connectivity index (χ0) is 46.0. The molecule has 7 aliphatic rings. The number of fused-ring (bicyclic) bond motifs is 7. The van der Waals surface area contributed by atoms with E-state index in [1.807, 2.05) is 6.92 Å². The van der Waals surface area contributed by atoms with E-state index in [0.29, 0.717) is 44.9 Å². The summed E-state index contributed by atoms with van der Waals surface area (Å²) in [6.07, 6.45) is -8.32. The molecule has 7 rings (SSSR count). The van der Waals surface area contributed by atoms with Crippen LogP contribution in [0.4, 0.5) is 0 Å². The van der Waals surface area contributed by atoms with E-state index in [9.17, 15) is 61.4 Å². The van der Waals surface area contributed by atoms with Gasteiger partial charge in [0.1, 0.15) is 42.7 Å². The SMILES string of the molecule is C[C@H]1CC[C@]2(C(=O)O[C@@H]3O[C@H](CO)[C@@H](O)[C@H](O)[C@H]3O)CC[C@]3(C)C(=CC[C@@H]4[C@@]5(C)CC[C@H](O[C@@H]6OC[C@@H](OS(=O)(=O)O)[C@H](OS(=O)(=O)O)[C@H]6O)C(C)(C)[C@@H]5CC[C@]43C)[C@@H]2[C@]1(C)O. The molecule has 0 bridgehead atoms. The molecule has 6 fully saturated rings. The van der Waals surface area contributed by atoms with E-state index in [0.717, 1.165) is 18.4 Å². The Kier molecular flexibility index (Phi) is 12.6. The van der Waals surface area contributed by atoms with Crippen molar-refractivity contribution >= 4 is 26.8 Å². The van der Waals surface area contributed by atoms with E-state index < -0.39 is 129 Å². The zero-order valence-electron chi connectivity index (χ0n) is 36.3. The van der Waals surface area contributed by atoms with Gasteiger partial charge in [0.25, 0.3) is 0 Å². The Hall–Kier alpha value is -1.41. The molecule has 0 aromatic rings. The molecule has 2 saturated heterocycles. The average Bonchev–Trinajstić information content (AvgIpc) is 3.16. The molecule has 0 aromatic heterocycles. The summed E-state index contributed by atoms with van der Waals surface area (Å²) in [6, 6.07) is 0. The number of carbonyl (C=O) groups is 1. The molecule has 356 valence electrons. The van der Waals surface area contributed by atoms with Crippen LogP contribution in [-0.2, 0) is 52.9 Å². The lowest BCUT2D eigenvalue weighted by molar-refractivity contribution is -0.304. The van der Waals surface area contributed by atoms with E-state index in [2.05, 4.69) is 49.1 Å². The molecule has 5 aliphatic carbocycles. The van der Waals surface area contributed by atoms with Gasteiger partial charge < -0.3 is 49.6 Å². The average molecular weight is 927 g/mol. The fourth-order valence-electron chi connectivity index (χ4n) is 14.0. The summed E-state index contributed by atoms with van der Waals surface area (Å²) in [4.78, 5) is 14.7. The maximum Gasteiger partial charge on any atom is 0.397 e. The Balaban J connectivity index is 1.15. The van der Waals surface area contributed by atoms with E-state index in [1.165, 1.54) is 0 Å². The summed E-state index contributed by atoms with van der Waals surface area (Å²) >= 11 is 0. The molecule has 0 spiro atoms. The number of carbonyl (C=O) groups excluding carboxylic acids is 1. The van der Waals surface area contributed by atoms with E-state index in [-0.39, 0.29) is 28.6 Å². The molecule has 0 radical (unpaired) electrons. The fourth-order valence-corrected chi connectivity index (χ4v) is 15.0. The van der Waals surface area contributed by atoms with Gasteiger partial charge >= 0.3 is 26.8 Å². The van der Waals surface area contributed by atoms with E-state index >= 15 is 0 Å². The van der Waals surface area contributed by atoms with Gasteiger partial charge in [0.2, 0.25) is 6.29 Å². The molecular weight excluding hydrogens is 861 g/mol. The van der Waals surface area contributed by atoms with Crippen molar-refractivity contribution in [1.29, 1.82) is 0 Å². The van der Waals surface area contributed by atoms with Crippen LogP contribution in [0, 0.1) is 50.7 Å². The Morgan fingerprint density at radius 1 is 0.806 bits per heavy atom. The van der Waals surface area contributed by atoms with Gasteiger partial charge in [-0.25, -0.2) is 8.37 Å². The van der Waals surface area contributed by atoms with Crippen molar-refractivity contribution in [2.75, 3.05) is 13.2 Å². The Bertz CT molecular complexity index is 1970. The normalized spacial score (nSPS) is 50.5. The van der Waals surface area contributed by atoms with Crippen LogP contribution < -0.4 is 0 Å². The van der Waals surface area contributed by atoms with Crippen molar-refractivity contribution in [3.8, 4) is 0 Å². The summed E-state index contributed by atoms with van der Waals surface area (Å²) in [5, 5.41) is 65.2. The standard InChI is InChI=1S/C41H66O19S2/c1-20-10-15-41(35(47)58-34-29(45)28(44)27(43)22(18-42)56-34)17-16-38(5)21(32(41)40(20,7)48)8-9-25-37(4)13-12-26(36(2,3)24(37)11-14-39(25,38)6)57-33-30(46)31(60-62(52,53)54)23(19-55-33)59-61(49,50)51/h8,20,22-34,42-46,48H,9-19H2,1-7H3,(H,49,50,51)(H,52,53,54)/t20-,22+,23+,24-,25+,26-,27+,28-,29+,30+,31-,32+,33-,34-,37-,38+,39+,40+,41-/m0/s1. The molecule has 19 atom stereocenters. The van der Waals surface area contributed by atoms with Crippen molar-refractivity contribution in [2.24, 2.45) is 50.7 Å². The summed E-state index contributed by atoms with van der Waals surface area (Å²) in [5.74, 6) is -1.29. The summed E-state index contributed by atoms with van der Waals surface area (Å²) in [6.45, 7) is 13.5. The minimum Gasteiger partial charge on any atom is -0.432 e. The highest BCUT2D eigenvalue weighted by molar-refractivity contribution is 7.81. The monoisotopic (exact) mass is 926 g/mol. The van der Waals surface area contributed by atoms with Crippen LogP contribution in [-0.4, -0.2) is 143 Å². The van der Waals surface area contributed by atoms with Gasteiger partial charge in [-0.15, -0.1) is 0 Å². The molecule has 62 heavy (non-hydrogen) atoms. The number of esters is 1. The summed E-state index contributed by atoms with van der Waals surface area (Å²) < 4.78 is 97.6. The molecule has 8 N–H and O–H groups in total. The van der Waals surface area contributed by atoms with Gasteiger partial charge in [-0.2, -0.15) is 16.8 Å². The second-order valence-corrected chi connectivity index (χ2v) is 23.0. The second kappa shape index (κ2) is 16.1. The van der Waals surface area contributed by atoms with E-state index in [4.69, 9.17) is 18.9 Å². The number of aliphatic hydroxyl groups excluding tert-OH is 5. The van der Waals surface area contributed by atoms with Gasteiger partial charge in [-0.1, -0.05) is 53.2 Å². The third-order valence-electron chi connectivity index (χ3n) is 17.7. The summed E-state index contributed by atoms with van der Waals surface area (Å²) in [7, 11) is -10.4. The predicted molar refractivity (Wildman–Crippen MR) is 214 cm³/mol. The molecule has 21 heteroatoms. The number of allylic oxidation sites excluding steroid dienone is 1. The van der Waals surface area contributed by atoms with Crippen molar-refractivity contribution in [1.82, 2.24) is 0 Å². The first-order valence-corrected chi connectivity index (χ1v) is 24.4. The second-order valence-electron chi connectivity index (χ2n) is 20.9. The van der Waals surface area contributed by atoms with Gasteiger partial charge in [0.05, 0.1) is 30.3 Å². The first-order chi connectivity index (χ1) is 28.5. The molecule has 0 amide bonds. The van der Waals surface area contributed by atoms with Crippen LogP contribution in [0.2, 0.25) is 0 Å². The number of rotatable bonds is 9. The highest BCUT2D eigenvalue weighted by Crippen LogP contribution is 2.76. The molecule has 0 aromatic carbocycles. The van der Waals surface area contributed by atoms with Crippen molar-refractivity contribution in [3.05, 3.63) is 11.6 Å². The highest BCUT2D eigenvalue weighted by Gasteiger charge is 2.72. The summed E-state index contributed by atoms with van der Waals surface area (Å²) in [5.41, 5.74) is -3.11. The van der Waals surface area contributed by atoms with Gasteiger partial charge in [0.15, 0.2) is 6.29 Å². The van der Waals surface area contributed by atoms with Crippen LogP contribution >= 0.6 is 0 Å². The fraction of sp³-hybridized carbons (Fsp3) is 0.927. The van der Waals surface area contributed by atoms with E-state index in [1.54, 1.807) is 6.92 Å². The van der Waals surface area contributed by atoms with Crippen molar-refractivity contribution in [2.45, 2.75) is 173 Å². The molecular formula is C41H66O19S2. The van der Waals surface area contributed by atoms with Crippen molar-refractivity contribution < 1.29 is 88.7 Å². The molecule has 2 aliphatic heterocycles. The largest absolute Gasteiger partial charge is 0.432 e. The maximum atomic E-state index is 14.7. The first kappa shape index (κ1) is 48.5. The Labute approximate surface area is 363 Å². The van der Waals surface area contributed by atoms with Gasteiger partial charge in [0, 0.05) is 5.92 Å². The number of hydrogen-bond donors (Lipinski definition) is 8. The highest BCUT2D eigenvalue weighted by atomic mass is 32.3. The van der Waals surface area contributed by atoms with Crippen LogP contribution in [0.5, 0.6) is 0 Å². The van der Waals surface area contributed by atoms with Crippen molar-refractivity contribution in [3.63, 3.8) is 0 Å². The zero-order valence-corrected chi connectivity index (χ0v) is 38.0. The van der Waals surface area contributed by atoms with Gasteiger partial charge in [-0.3, -0.25) is 13.9 Å². The minimum atomic E-state index is -5.22. The number of hydrogen-bond acceptors (Lipinski definition) is 17. The molecule has 19 nitrogen and oxygen atoms in total. The molecule has 2 heterocycles. The maximum absolute atomic E-state index is 14.7. The number of ether oxygens (including phenoxy) is 4. The Morgan fingerprint density at radius 3 is 2.10 bits per heavy atom.